The molecule has 0 bridgehead atoms. The van der Waals surface area contributed by atoms with E-state index in [-0.39, 0.29) is 5.04 Å². The van der Waals surface area contributed by atoms with Gasteiger partial charge in [-0.25, -0.2) is 0 Å². The number of aromatic nitrogens is 1. The number of hydrogen-bond acceptors (Lipinski definition) is 4. The van der Waals surface area contributed by atoms with Gasteiger partial charge in [0.25, 0.3) is 0 Å². The van der Waals surface area contributed by atoms with Crippen LogP contribution in [0.4, 0.5) is 0 Å². The van der Waals surface area contributed by atoms with E-state index < -0.39 is 8.32 Å². The van der Waals surface area contributed by atoms with Crippen LogP contribution in [-0.2, 0) is 17.6 Å². The summed E-state index contributed by atoms with van der Waals surface area (Å²) >= 11 is 0. The van der Waals surface area contributed by atoms with Crippen LogP contribution in [0.1, 0.15) is 32.0 Å². The summed E-state index contributed by atoms with van der Waals surface area (Å²) in [6.07, 6.45) is 6.21. The highest BCUT2D eigenvalue weighted by atomic mass is 28.4. The first-order valence-corrected chi connectivity index (χ1v) is 11.6. The molecule has 136 valence electrons. The number of likely N-dealkylation sites (N-methyl/N-ethyl adjacent to an activating group) is 1. The van der Waals surface area contributed by atoms with E-state index in [2.05, 4.69) is 81.4 Å². The second-order valence-corrected chi connectivity index (χ2v) is 12.9. The summed E-state index contributed by atoms with van der Waals surface area (Å²) in [5, 5.41) is 3.64. The smallest absolute Gasteiger partial charge is 0.192 e. The molecule has 4 nitrogen and oxygen atoms in total. The summed E-state index contributed by atoms with van der Waals surface area (Å²) in [7, 11) is 2.43. The van der Waals surface area contributed by atoms with Gasteiger partial charge in [0, 0.05) is 25.8 Å². The van der Waals surface area contributed by atoms with E-state index in [1.807, 2.05) is 12.3 Å². The average molecular weight is 350 g/mol. The zero-order valence-corrected chi connectivity index (χ0v) is 17.5. The van der Waals surface area contributed by atoms with Gasteiger partial charge in [0.05, 0.1) is 12.3 Å². The topological polar surface area (TPSA) is 37.4 Å². The van der Waals surface area contributed by atoms with Crippen molar-refractivity contribution in [2.24, 2.45) is 0 Å². The quantitative estimate of drug-likeness (QED) is 0.418. The number of hydrogen-bond donors (Lipinski definition) is 1. The van der Waals surface area contributed by atoms with Crippen molar-refractivity contribution in [2.45, 2.75) is 52.1 Å². The van der Waals surface area contributed by atoms with Crippen molar-refractivity contribution in [1.29, 1.82) is 0 Å². The van der Waals surface area contributed by atoms with Gasteiger partial charge in [0.15, 0.2) is 8.32 Å². The Balaban J connectivity index is 2.45. The molecule has 0 spiro atoms. The van der Waals surface area contributed by atoms with E-state index in [9.17, 15) is 0 Å². The van der Waals surface area contributed by atoms with Crippen LogP contribution in [0.25, 0.3) is 0 Å². The van der Waals surface area contributed by atoms with E-state index in [1.54, 1.807) is 0 Å². The van der Waals surface area contributed by atoms with Gasteiger partial charge in [-0.05, 0) is 49.9 Å². The van der Waals surface area contributed by atoms with Crippen LogP contribution in [0.15, 0.2) is 30.5 Å². The Labute approximate surface area is 149 Å². The number of nitrogens with zero attached hydrogens (tertiary/aromatic N) is 2. The first-order valence-electron chi connectivity index (χ1n) is 8.70. The third-order valence-corrected chi connectivity index (χ3v) is 8.97. The first-order chi connectivity index (χ1) is 11.1. The predicted octanol–water partition coefficient (Wildman–Crippen LogP) is 3.81. The summed E-state index contributed by atoms with van der Waals surface area (Å²) in [6, 6.07) is 4.19. The molecule has 1 N–H and O–H groups in total. The Morgan fingerprint density at radius 3 is 2.58 bits per heavy atom. The molecule has 24 heavy (non-hydrogen) atoms. The molecular weight excluding hydrogens is 314 g/mol. The van der Waals surface area contributed by atoms with Crippen molar-refractivity contribution in [3.8, 4) is 0 Å². The van der Waals surface area contributed by atoms with Gasteiger partial charge in [-0.1, -0.05) is 32.9 Å². The Hall–Kier alpha value is -1.01. The van der Waals surface area contributed by atoms with Gasteiger partial charge in [0.2, 0.25) is 0 Å². The van der Waals surface area contributed by atoms with E-state index in [0.717, 1.165) is 25.3 Å². The van der Waals surface area contributed by atoms with Crippen molar-refractivity contribution < 1.29 is 4.43 Å². The van der Waals surface area contributed by atoms with Gasteiger partial charge in [0.1, 0.15) is 0 Å². The molecule has 5 heteroatoms. The second kappa shape index (κ2) is 9.46. The van der Waals surface area contributed by atoms with E-state index in [4.69, 9.17) is 4.43 Å². The lowest BCUT2D eigenvalue weighted by molar-refractivity contribution is 0.276. The molecule has 0 aromatic carbocycles. The maximum absolute atomic E-state index is 6.29. The molecule has 0 atom stereocenters. The first kappa shape index (κ1) is 21.0. The molecule has 1 aromatic rings. The molecule has 0 saturated carbocycles. The molecule has 0 unspecified atom stereocenters. The highest BCUT2D eigenvalue weighted by Gasteiger charge is 2.36. The van der Waals surface area contributed by atoms with Crippen LogP contribution in [0, 0.1) is 0 Å². The van der Waals surface area contributed by atoms with E-state index in [0.29, 0.717) is 6.61 Å². The van der Waals surface area contributed by atoms with Gasteiger partial charge < -0.3 is 14.6 Å². The number of pyridine rings is 1. The maximum atomic E-state index is 6.29. The maximum Gasteiger partial charge on any atom is 0.192 e. The molecule has 1 rings (SSSR count). The van der Waals surface area contributed by atoms with Crippen molar-refractivity contribution >= 4 is 8.32 Å². The van der Waals surface area contributed by atoms with Crippen molar-refractivity contribution in [3.63, 3.8) is 0 Å². The normalized spacial score (nSPS) is 13.2. The van der Waals surface area contributed by atoms with Crippen molar-refractivity contribution in [1.82, 2.24) is 15.2 Å². The minimum absolute atomic E-state index is 0.239. The van der Waals surface area contributed by atoms with Gasteiger partial charge in [-0.15, -0.1) is 0 Å². The van der Waals surface area contributed by atoms with E-state index >= 15 is 0 Å². The zero-order chi connectivity index (χ0) is 18.2. The summed E-state index contributed by atoms with van der Waals surface area (Å²) in [5.74, 6) is 0. The molecule has 0 aliphatic rings. The lowest BCUT2D eigenvalue weighted by Crippen LogP contribution is -2.40. The minimum Gasteiger partial charge on any atom is -0.413 e. The highest BCUT2D eigenvalue weighted by Crippen LogP contribution is 2.37. The molecule has 0 aliphatic heterocycles. The fourth-order valence-electron chi connectivity index (χ4n) is 1.85. The molecule has 0 aliphatic carbocycles. The van der Waals surface area contributed by atoms with Crippen LogP contribution in [0.5, 0.6) is 0 Å². The molecule has 0 amide bonds. The Morgan fingerprint density at radius 1 is 1.25 bits per heavy atom. The summed E-state index contributed by atoms with van der Waals surface area (Å²) < 4.78 is 6.29. The average Bonchev–Trinajstić information content (AvgIpc) is 2.48. The predicted molar refractivity (Wildman–Crippen MR) is 106 cm³/mol. The number of rotatable bonds is 9. The minimum atomic E-state index is -1.70. The summed E-state index contributed by atoms with van der Waals surface area (Å²) in [6.45, 7) is 14.7. The van der Waals surface area contributed by atoms with Crippen LogP contribution < -0.4 is 5.32 Å². The molecule has 1 heterocycles. The number of nitrogens with one attached hydrogen (secondary N) is 1. The second-order valence-electron chi connectivity index (χ2n) is 8.07. The third kappa shape index (κ3) is 7.70. The van der Waals surface area contributed by atoms with Crippen LogP contribution in [-0.4, -0.2) is 45.4 Å². The van der Waals surface area contributed by atoms with E-state index in [1.165, 1.54) is 5.56 Å². The largest absolute Gasteiger partial charge is 0.413 e. The van der Waals surface area contributed by atoms with Crippen LogP contribution in [0.2, 0.25) is 18.1 Å². The lowest BCUT2D eigenvalue weighted by Gasteiger charge is -2.36. The van der Waals surface area contributed by atoms with Crippen LogP contribution >= 0.6 is 0 Å². The fourth-order valence-corrected chi connectivity index (χ4v) is 2.81. The van der Waals surface area contributed by atoms with Gasteiger partial charge in [-0.3, -0.25) is 4.98 Å². The standard InChI is InChI=1S/C19H35N3OSi/c1-19(2,3)24(6,7)23-16-17-10-12-21-18(14-17)15-20-11-8-9-13-22(4)5/h8-10,12,14,20H,11,13,15-16H2,1-7H3. The fraction of sp³-hybridized carbons (Fsp3) is 0.632. The molecule has 0 saturated heterocycles. The zero-order valence-electron chi connectivity index (χ0n) is 16.5. The molecule has 1 aromatic heterocycles. The Bertz CT molecular complexity index is 522. The van der Waals surface area contributed by atoms with Crippen molar-refractivity contribution in [2.75, 3.05) is 27.2 Å². The van der Waals surface area contributed by atoms with Gasteiger partial charge in [-0.2, -0.15) is 0 Å². The SMILES string of the molecule is CN(C)CC=CCNCc1cc(CO[Si](C)(C)C(C)(C)C)ccn1. The molecule has 0 fully saturated rings. The lowest BCUT2D eigenvalue weighted by atomic mass is 10.2. The third-order valence-electron chi connectivity index (χ3n) is 4.49. The molecule has 0 radical (unpaired) electrons. The van der Waals surface area contributed by atoms with Gasteiger partial charge >= 0.3 is 0 Å². The van der Waals surface area contributed by atoms with Crippen LogP contribution in [0.3, 0.4) is 0 Å². The van der Waals surface area contributed by atoms with Crippen molar-refractivity contribution in [3.05, 3.63) is 41.7 Å². The summed E-state index contributed by atoms with van der Waals surface area (Å²) in [4.78, 5) is 6.58. The monoisotopic (exact) mass is 349 g/mol. The summed E-state index contributed by atoms with van der Waals surface area (Å²) in [5.41, 5.74) is 2.27. The highest BCUT2D eigenvalue weighted by molar-refractivity contribution is 6.74. The Morgan fingerprint density at radius 2 is 1.96 bits per heavy atom. The Kier molecular flexibility index (Phi) is 8.29. The molecular formula is C19H35N3OSi.